The summed E-state index contributed by atoms with van der Waals surface area (Å²) in [6.07, 6.45) is 5.15. The van der Waals surface area contributed by atoms with Crippen LogP contribution in [0.5, 0.6) is 0 Å². The van der Waals surface area contributed by atoms with Gasteiger partial charge in [0.05, 0.1) is 19.1 Å². The van der Waals surface area contributed by atoms with Crippen molar-refractivity contribution in [2.75, 3.05) is 11.9 Å². The highest BCUT2D eigenvalue weighted by molar-refractivity contribution is 5.31. The van der Waals surface area contributed by atoms with Gasteiger partial charge in [-0.2, -0.15) is 5.10 Å². The normalized spacial score (nSPS) is 10.3. The molecule has 0 atom stereocenters. The summed E-state index contributed by atoms with van der Waals surface area (Å²) >= 11 is 0. The third-order valence-corrected chi connectivity index (χ3v) is 2.09. The molecule has 0 unspecified atom stereocenters. The maximum atomic E-state index is 11.0. The van der Waals surface area contributed by atoms with Gasteiger partial charge in [0, 0.05) is 18.8 Å². The fourth-order valence-electron chi connectivity index (χ4n) is 1.35. The van der Waals surface area contributed by atoms with Crippen molar-refractivity contribution in [2.45, 2.75) is 13.5 Å². The van der Waals surface area contributed by atoms with Gasteiger partial charge in [0.25, 0.3) is 5.56 Å². The number of aromatic amines is 1. The van der Waals surface area contributed by atoms with E-state index in [2.05, 4.69) is 20.4 Å². The minimum Gasteiger partial charge on any atom is -0.368 e. The number of nitrogens with zero attached hydrogens (tertiary/aromatic N) is 3. The fourth-order valence-corrected chi connectivity index (χ4v) is 1.35. The zero-order chi connectivity index (χ0) is 11.4. The Morgan fingerprint density at radius 3 is 3.12 bits per heavy atom. The first-order chi connectivity index (χ1) is 7.74. The monoisotopic (exact) mass is 219 g/mol. The Balaban J connectivity index is 1.86. The summed E-state index contributed by atoms with van der Waals surface area (Å²) < 4.78 is 1.84. The van der Waals surface area contributed by atoms with Gasteiger partial charge in [-0.05, 0) is 12.5 Å². The summed E-state index contributed by atoms with van der Waals surface area (Å²) in [4.78, 5) is 17.4. The van der Waals surface area contributed by atoms with Crippen LogP contribution in [0.15, 0.2) is 29.6 Å². The molecular formula is C10H13N5O. The Hall–Kier alpha value is -2.11. The van der Waals surface area contributed by atoms with Gasteiger partial charge in [-0.3, -0.25) is 9.48 Å². The molecule has 84 valence electrons. The van der Waals surface area contributed by atoms with Crippen molar-refractivity contribution in [1.82, 2.24) is 19.7 Å². The number of anilines is 1. The second-order valence-electron chi connectivity index (χ2n) is 3.50. The van der Waals surface area contributed by atoms with Gasteiger partial charge in [-0.15, -0.1) is 0 Å². The highest BCUT2D eigenvalue weighted by atomic mass is 16.1. The molecule has 0 bridgehead atoms. The van der Waals surface area contributed by atoms with E-state index in [1.54, 1.807) is 0 Å². The van der Waals surface area contributed by atoms with E-state index in [-0.39, 0.29) is 5.56 Å². The van der Waals surface area contributed by atoms with Crippen LogP contribution in [0.3, 0.4) is 0 Å². The van der Waals surface area contributed by atoms with Crippen molar-refractivity contribution >= 4 is 5.82 Å². The zero-order valence-electron chi connectivity index (χ0n) is 8.97. The highest BCUT2D eigenvalue weighted by Crippen LogP contribution is 1.96. The number of H-pyrrole nitrogens is 1. The van der Waals surface area contributed by atoms with Crippen LogP contribution in [-0.2, 0) is 6.54 Å². The second-order valence-corrected chi connectivity index (χ2v) is 3.50. The highest BCUT2D eigenvalue weighted by Gasteiger charge is 1.96. The van der Waals surface area contributed by atoms with Crippen LogP contribution in [-0.4, -0.2) is 26.3 Å². The number of aryl methyl sites for hydroxylation is 1. The predicted octanol–water partition coefficient (Wildman–Crippen LogP) is 0.387. The first-order valence-electron chi connectivity index (χ1n) is 5.02. The Kier molecular flexibility index (Phi) is 3.00. The Morgan fingerprint density at radius 2 is 2.44 bits per heavy atom. The SMILES string of the molecule is Cc1cnn(CCNc2cc(=O)[nH]cn2)c1. The van der Waals surface area contributed by atoms with Crippen LogP contribution in [0.25, 0.3) is 0 Å². The van der Waals surface area contributed by atoms with E-state index >= 15 is 0 Å². The van der Waals surface area contributed by atoms with Crippen LogP contribution < -0.4 is 10.9 Å². The third-order valence-electron chi connectivity index (χ3n) is 2.09. The van der Waals surface area contributed by atoms with E-state index in [1.165, 1.54) is 12.4 Å². The molecule has 0 radical (unpaired) electrons. The van der Waals surface area contributed by atoms with Crippen LogP contribution >= 0.6 is 0 Å². The van der Waals surface area contributed by atoms with E-state index in [1.807, 2.05) is 24.0 Å². The van der Waals surface area contributed by atoms with Gasteiger partial charge in [0.2, 0.25) is 0 Å². The molecule has 0 saturated heterocycles. The van der Waals surface area contributed by atoms with Crippen molar-refractivity contribution in [3.05, 3.63) is 40.7 Å². The Labute approximate surface area is 92.3 Å². The number of nitrogens with one attached hydrogen (secondary N) is 2. The summed E-state index contributed by atoms with van der Waals surface area (Å²) in [7, 11) is 0. The maximum absolute atomic E-state index is 11.0. The molecule has 0 aliphatic carbocycles. The average molecular weight is 219 g/mol. The quantitative estimate of drug-likeness (QED) is 0.779. The number of hydrogen-bond donors (Lipinski definition) is 2. The molecule has 0 fully saturated rings. The number of rotatable bonds is 4. The fraction of sp³-hybridized carbons (Fsp3) is 0.300. The lowest BCUT2D eigenvalue weighted by atomic mass is 10.4. The Morgan fingerprint density at radius 1 is 1.56 bits per heavy atom. The maximum Gasteiger partial charge on any atom is 0.252 e. The first kappa shape index (κ1) is 10.4. The largest absolute Gasteiger partial charge is 0.368 e. The summed E-state index contributed by atoms with van der Waals surface area (Å²) in [5, 5.41) is 7.20. The second kappa shape index (κ2) is 4.61. The van der Waals surface area contributed by atoms with Crippen molar-refractivity contribution < 1.29 is 0 Å². The van der Waals surface area contributed by atoms with Gasteiger partial charge in [0.1, 0.15) is 5.82 Å². The molecule has 0 spiro atoms. The van der Waals surface area contributed by atoms with E-state index < -0.39 is 0 Å². The molecule has 0 aromatic carbocycles. The molecule has 0 saturated carbocycles. The van der Waals surface area contributed by atoms with Gasteiger partial charge >= 0.3 is 0 Å². The standard InChI is InChI=1S/C10H13N5O/c1-8-5-14-15(6-8)3-2-11-9-4-10(16)13-7-12-9/h4-7H,2-3H2,1H3,(H2,11,12,13,16). The van der Waals surface area contributed by atoms with Crippen molar-refractivity contribution in [3.63, 3.8) is 0 Å². The van der Waals surface area contributed by atoms with Gasteiger partial charge in [0.15, 0.2) is 0 Å². The molecule has 0 amide bonds. The minimum atomic E-state index is -0.160. The summed E-state index contributed by atoms with van der Waals surface area (Å²) in [6, 6.07) is 1.42. The molecule has 6 nitrogen and oxygen atoms in total. The number of aromatic nitrogens is 4. The van der Waals surface area contributed by atoms with Crippen LogP contribution in [0.4, 0.5) is 5.82 Å². The van der Waals surface area contributed by atoms with Gasteiger partial charge in [-0.25, -0.2) is 4.98 Å². The summed E-state index contributed by atoms with van der Waals surface area (Å²) in [5.74, 6) is 0.577. The van der Waals surface area contributed by atoms with Gasteiger partial charge in [-0.1, -0.05) is 0 Å². The van der Waals surface area contributed by atoms with Crippen molar-refractivity contribution in [3.8, 4) is 0 Å². The molecule has 2 aromatic heterocycles. The summed E-state index contributed by atoms with van der Waals surface area (Å²) in [5.41, 5.74) is 0.974. The van der Waals surface area contributed by atoms with Gasteiger partial charge < -0.3 is 10.3 Å². The van der Waals surface area contributed by atoms with Crippen molar-refractivity contribution in [2.24, 2.45) is 0 Å². The topological polar surface area (TPSA) is 75.6 Å². The molecule has 2 aromatic rings. The molecule has 2 heterocycles. The van der Waals surface area contributed by atoms with E-state index in [9.17, 15) is 4.79 Å². The molecule has 2 N–H and O–H groups in total. The van der Waals surface area contributed by atoms with Crippen molar-refractivity contribution in [1.29, 1.82) is 0 Å². The lowest BCUT2D eigenvalue weighted by molar-refractivity contribution is 0.636. The third kappa shape index (κ3) is 2.69. The molecule has 0 aliphatic heterocycles. The van der Waals surface area contributed by atoms with Crippen LogP contribution in [0.2, 0.25) is 0 Å². The molecule has 0 aliphatic rings. The van der Waals surface area contributed by atoms with E-state index in [4.69, 9.17) is 0 Å². The molecule has 16 heavy (non-hydrogen) atoms. The minimum absolute atomic E-state index is 0.160. The van der Waals surface area contributed by atoms with E-state index in [0.717, 1.165) is 12.1 Å². The zero-order valence-corrected chi connectivity index (χ0v) is 8.97. The summed E-state index contributed by atoms with van der Waals surface area (Å²) in [6.45, 7) is 3.41. The number of hydrogen-bond acceptors (Lipinski definition) is 4. The van der Waals surface area contributed by atoms with Crippen LogP contribution in [0.1, 0.15) is 5.56 Å². The van der Waals surface area contributed by atoms with Crippen LogP contribution in [0, 0.1) is 6.92 Å². The Bertz CT molecular complexity index is 516. The predicted molar refractivity (Wildman–Crippen MR) is 60.3 cm³/mol. The van der Waals surface area contributed by atoms with E-state index in [0.29, 0.717) is 12.4 Å². The average Bonchev–Trinajstić information content (AvgIpc) is 2.64. The first-order valence-corrected chi connectivity index (χ1v) is 5.02. The lowest BCUT2D eigenvalue weighted by Crippen LogP contribution is -2.14. The molecular weight excluding hydrogens is 206 g/mol. The smallest absolute Gasteiger partial charge is 0.252 e. The molecule has 6 heteroatoms. The lowest BCUT2D eigenvalue weighted by Gasteiger charge is -2.04. The molecule has 2 rings (SSSR count).